The van der Waals surface area contributed by atoms with Gasteiger partial charge in [0.25, 0.3) is 0 Å². The van der Waals surface area contributed by atoms with E-state index in [1.807, 2.05) is 38.2 Å². The molecule has 5 heteroatoms. The first-order chi connectivity index (χ1) is 9.56. The number of urea groups is 1. The predicted molar refractivity (Wildman–Crippen MR) is 82.0 cm³/mol. The van der Waals surface area contributed by atoms with Crippen molar-refractivity contribution < 1.29 is 9.53 Å². The summed E-state index contributed by atoms with van der Waals surface area (Å²) in [6.07, 6.45) is 0.792. The van der Waals surface area contributed by atoms with E-state index in [1.165, 1.54) is 0 Å². The Morgan fingerprint density at radius 1 is 1.35 bits per heavy atom. The number of anilines is 1. The highest BCUT2D eigenvalue weighted by molar-refractivity contribution is 5.89. The molecule has 2 unspecified atom stereocenters. The summed E-state index contributed by atoms with van der Waals surface area (Å²) in [6, 6.07) is 7.96. The highest BCUT2D eigenvalue weighted by Gasteiger charge is 2.08. The van der Waals surface area contributed by atoms with Gasteiger partial charge in [0.15, 0.2) is 0 Å². The number of carbonyl (C=O) groups is 1. The Bertz CT molecular complexity index is 423. The zero-order valence-corrected chi connectivity index (χ0v) is 12.7. The molecule has 0 saturated heterocycles. The van der Waals surface area contributed by atoms with Crippen molar-refractivity contribution in [3.05, 3.63) is 29.8 Å². The zero-order chi connectivity index (χ0) is 15.0. The average molecular weight is 279 g/mol. The molecule has 0 spiro atoms. The molecule has 0 aromatic heterocycles. The number of methoxy groups -OCH3 is 1. The van der Waals surface area contributed by atoms with E-state index >= 15 is 0 Å². The van der Waals surface area contributed by atoms with E-state index < -0.39 is 0 Å². The van der Waals surface area contributed by atoms with Crippen LogP contribution in [0.15, 0.2) is 24.3 Å². The van der Waals surface area contributed by atoms with Crippen LogP contribution < -0.4 is 16.0 Å². The van der Waals surface area contributed by atoms with Gasteiger partial charge >= 0.3 is 6.03 Å². The van der Waals surface area contributed by atoms with E-state index in [9.17, 15) is 4.79 Å². The highest BCUT2D eigenvalue weighted by Crippen LogP contribution is 2.16. The fourth-order valence-corrected chi connectivity index (χ4v) is 1.81. The molecule has 0 saturated carbocycles. The summed E-state index contributed by atoms with van der Waals surface area (Å²) in [5.74, 6) is 0. The number of benzene rings is 1. The van der Waals surface area contributed by atoms with Crippen molar-refractivity contribution in [3.63, 3.8) is 0 Å². The van der Waals surface area contributed by atoms with Crippen molar-refractivity contribution >= 4 is 11.7 Å². The lowest BCUT2D eigenvalue weighted by Crippen LogP contribution is -2.36. The summed E-state index contributed by atoms with van der Waals surface area (Å²) in [4.78, 5) is 11.9. The van der Waals surface area contributed by atoms with Crippen molar-refractivity contribution in [2.24, 2.45) is 0 Å². The number of carbonyl (C=O) groups excluding carboxylic acids is 1. The van der Waals surface area contributed by atoms with Crippen LogP contribution in [0.4, 0.5) is 10.5 Å². The summed E-state index contributed by atoms with van der Waals surface area (Å²) in [7, 11) is 3.57. The van der Waals surface area contributed by atoms with E-state index in [1.54, 1.807) is 7.11 Å². The highest BCUT2D eigenvalue weighted by atomic mass is 16.5. The average Bonchev–Trinajstić information content (AvgIpc) is 2.44. The number of nitrogens with one attached hydrogen (secondary N) is 3. The van der Waals surface area contributed by atoms with Gasteiger partial charge in [0.2, 0.25) is 0 Å². The summed E-state index contributed by atoms with van der Waals surface area (Å²) in [5.41, 5.74) is 1.93. The van der Waals surface area contributed by atoms with Crippen LogP contribution in [0.3, 0.4) is 0 Å². The van der Waals surface area contributed by atoms with E-state index in [4.69, 9.17) is 4.74 Å². The fourth-order valence-electron chi connectivity index (χ4n) is 1.81. The number of ether oxygens (including phenoxy) is 1. The normalized spacial score (nSPS) is 13.6. The lowest BCUT2D eigenvalue weighted by molar-refractivity contribution is 0.185. The molecule has 20 heavy (non-hydrogen) atoms. The van der Waals surface area contributed by atoms with Crippen molar-refractivity contribution in [1.29, 1.82) is 0 Å². The Kier molecular flexibility index (Phi) is 7.04. The van der Waals surface area contributed by atoms with Gasteiger partial charge in [-0.05, 0) is 45.0 Å². The van der Waals surface area contributed by atoms with Crippen molar-refractivity contribution in [1.82, 2.24) is 10.6 Å². The van der Waals surface area contributed by atoms with E-state index in [0.717, 1.165) is 17.7 Å². The van der Waals surface area contributed by atoms with Crippen LogP contribution in [0, 0.1) is 0 Å². The predicted octanol–water partition coefficient (Wildman–Crippen LogP) is 2.51. The smallest absolute Gasteiger partial charge is 0.319 e. The maximum Gasteiger partial charge on any atom is 0.319 e. The maximum absolute atomic E-state index is 11.9. The van der Waals surface area contributed by atoms with Crippen molar-refractivity contribution in [3.8, 4) is 0 Å². The molecule has 2 amide bonds. The molecular weight excluding hydrogens is 254 g/mol. The first-order valence-corrected chi connectivity index (χ1v) is 6.90. The summed E-state index contributed by atoms with van der Waals surface area (Å²) in [6.45, 7) is 4.67. The summed E-state index contributed by atoms with van der Waals surface area (Å²) >= 11 is 0. The third-order valence-corrected chi connectivity index (χ3v) is 3.21. The minimum absolute atomic E-state index is 0.0781. The molecular formula is C15H25N3O2. The second-order valence-corrected chi connectivity index (χ2v) is 4.92. The molecule has 3 N–H and O–H groups in total. The summed E-state index contributed by atoms with van der Waals surface area (Å²) in [5, 5.41) is 8.91. The Morgan fingerprint density at radius 2 is 2.10 bits per heavy atom. The van der Waals surface area contributed by atoms with E-state index in [0.29, 0.717) is 6.61 Å². The van der Waals surface area contributed by atoms with Gasteiger partial charge in [-0.25, -0.2) is 4.79 Å². The Balaban J connectivity index is 2.53. The van der Waals surface area contributed by atoms with Gasteiger partial charge in [-0.1, -0.05) is 12.1 Å². The second-order valence-electron chi connectivity index (χ2n) is 4.92. The lowest BCUT2D eigenvalue weighted by atomic mass is 10.1. The van der Waals surface area contributed by atoms with Crippen LogP contribution in [0.5, 0.6) is 0 Å². The molecule has 0 radical (unpaired) electrons. The van der Waals surface area contributed by atoms with Crippen LogP contribution >= 0.6 is 0 Å². The molecule has 5 nitrogen and oxygen atoms in total. The summed E-state index contributed by atoms with van der Waals surface area (Å²) < 4.78 is 4.99. The number of hydrogen-bond donors (Lipinski definition) is 3. The van der Waals surface area contributed by atoms with Gasteiger partial charge in [0.05, 0.1) is 0 Å². The van der Waals surface area contributed by atoms with Crippen LogP contribution in [-0.4, -0.2) is 32.8 Å². The molecule has 0 fully saturated rings. The second kappa shape index (κ2) is 8.55. The third kappa shape index (κ3) is 5.59. The van der Waals surface area contributed by atoms with Gasteiger partial charge in [-0.3, -0.25) is 0 Å². The third-order valence-electron chi connectivity index (χ3n) is 3.21. The number of amides is 2. The quantitative estimate of drug-likeness (QED) is 0.718. The maximum atomic E-state index is 11.9. The van der Waals surface area contributed by atoms with Crippen LogP contribution in [0.25, 0.3) is 0 Å². The van der Waals surface area contributed by atoms with Gasteiger partial charge in [-0.15, -0.1) is 0 Å². The van der Waals surface area contributed by atoms with E-state index in [-0.39, 0.29) is 18.1 Å². The van der Waals surface area contributed by atoms with Crippen LogP contribution in [0.1, 0.15) is 31.9 Å². The SMILES string of the molecule is CNC(C)c1cccc(NC(=O)NC(C)CCOC)c1. The fraction of sp³-hybridized carbons (Fsp3) is 0.533. The lowest BCUT2D eigenvalue weighted by Gasteiger charge is -2.15. The van der Waals surface area contributed by atoms with Gasteiger partial charge in [0.1, 0.15) is 0 Å². The molecule has 112 valence electrons. The molecule has 1 rings (SSSR count). The van der Waals surface area contributed by atoms with Crippen molar-refractivity contribution in [2.75, 3.05) is 26.1 Å². The Labute approximate surface area is 121 Å². The molecule has 0 bridgehead atoms. The zero-order valence-electron chi connectivity index (χ0n) is 12.7. The van der Waals surface area contributed by atoms with Gasteiger partial charge < -0.3 is 20.7 Å². The minimum Gasteiger partial charge on any atom is -0.385 e. The van der Waals surface area contributed by atoms with Gasteiger partial charge in [0, 0.05) is 31.5 Å². The number of rotatable bonds is 7. The van der Waals surface area contributed by atoms with Gasteiger partial charge in [-0.2, -0.15) is 0 Å². The topological polar surface area (TPSA) is 62.4 Å². The molecule has 0 aliphatic carbocycles. The Hall–Kier alpha value is -1.59. The molecule has 2 atom stereocenters. The number of hydrogen-bond acceptors (Lipinski definition) is 3. The molecule has 1 aromatic rings. The Morgan fingerprint density at radius 3 is 2.75 bits per heavy atom. The first kappa shape index (κ1) is 16.5. The monoisotopic (exact) mass is 279 g/mol. The van der Waals surface area contributed by atoms with Crippen molar-refractivity contribution in [2.45, 2.75) is 32.4 Å². The molecule has 1 aromatic carbocycles. The minimum atomic E-state index is -0.192. The van der Waals surface area contributed by atoms with E-state index in [2.05, 4.69) is 22.9 Å². The molecule has 0 aliphatic heterocycles. The first-order valence-electron chi connectivity index (χ1n) is 6.90. The van der Waals surface area contributed by atoms with Crippen LogP contribution in [-0.2, 0) is 4.74 Å². The van der Waals surface area contributed by atoms with Crippen LogP contribution in [0.2, 0.25) is 0 Å². The largest absolute Gasteiger partial charge is 0.385 e. The standard InChI is InChI=1S/C15H25N3O2/c1-11(8-9-20-4)17-15(19)18-14-7-5-6-13(10-14)12(2)16-3/h5-7,10-12,16H,8-9H2,1-4H3,(H2,17,18,19). The molecule has 0 aliphatic rings. The molecule has 0 heterocycles.